The number of amides is 1. The average molecular weight is 271 g/mol. The lowest BCUT2D eigenvalue weighted by molar-refractivity contribution is -0.120. The number of nitrogens with one attached hydrogen (secondary N) is 2. The highest BCUT2D eigenvalue weighted by Crippen LogP contribution is 2.16. The van der Waals surface area contributed by atoms with Gasteiger partial charge in [0.25, 0.3) is 0 Å². The number of fused-ring (bicyclic) bond motifs is 1. The molecule has 102 valence electrons. The molecule has 0 aliphatic heterocycles. The van der Waals surface area contributed by atoms with Crippen molar-refractivity contribution in [1.82, 2.24) is 19.5 Å². The van der Waals surface area contributed by atoms with E-state index < -0.39 is 6.04 Å². The fourth-order valence-electron chi connectivity index (χ4n) is 2.00. The number of hydrogen-bond acceptors (Lipinski definition) is 4. The third kappa shape index (κ3) is 2.26. The van der Waals surface area contributed by atoms with Crippen molar-refractivity contribution in [3.8, 4) is 0 Å². The number of pyridine rings is 1. The molecule has 0 aromatic carbocycles. The van der Waals surface area contributed by atoms with Crippen molar-refractivity contribution in [1.29, 1.82) is 0 Å². The van der Waals surface area contributed by atoms with E-state index in [1.807, 2.05) is 12.1 Å². The number of aromatic nitrogens is 4. The van der Waals surface area contributed by atoms with E-state index in [2.05, 4.69) is 20.3 Å². The molecule has 3 aromatic heterocycles. The van der Waals surface area contributed by atoms with Crippen LogP contribution in [0, 0.1) is 0 Å². The van der Waals surface area contributed by atoms with Gasteiger partial charge in [0.1, 0.15) is 11.7 Å². The van der Waals surface area contributed by atoms with E-state index in [-0.39, 0.29) is 12.5 Å². The molecule has 0 aliphatic rings. The zero-order chi connectivity index (χ0) is 13.9. The van der Waals surface area contributed by atoms with Gasteiger partial charge >= 0.3 is 0 Å². The van der Waals surface area contributed by atoms with E-state index in [1.54, 1.807) is 29.4 Å². The minimum atomic E-state index is -0.709. The molecule has 0 aliphatic carbocycles. The van der Waals surface area contributed by atoms with E-state index in [0.29, 0.717) is 5.69 Å². The van der Waals surface area contributed by atoms with Crippen LogP contribution in [-0.4, -0.2) is 37.1 Å². The molecule has 3 aromatic rings. The van der Waals surface area contributed by atoms with Gasteiger partial charge in [-0.15, -0.1) is 0 Å². The lowest BCUT2D eigenvalue weighted by atomic mass is 10.2. The number of nitrogens with zero attached hydrogens (tertiary/aromatic N) is 3. The Kier molecular flexibility index (Phi) is 3.18. The summed E-state index contributed by atoms with van der Waals surface area (Å²) < 4.78 is 1.55. The van der Waals surface area contributed by atoms with Crippen LogP contribution in [0.4, 0.5) is 5.69 Å². The zero-order valence-electron chi connectivity index (χ0n) is 10.5. The number of H-pyrrole nitrogens is 1. The molecule has 0 bridgehead atoms. The second-order valence-corrected chi connectivity index (χ2v) is 4.34. The molecule has 7 heteroatoms. The molecule has 1 amide bonds. The molecule has 0 fully saturated rings. The van der Waals surface area contributed by atoms with Crippen molar-refractivity contribution < 1.29 is 9.90 Å². The van der Waals surface area contributed by atoms with Crippen LogP contribution in [0.1, 0.15) is 6.04 Å². The van der Waals surface area contributed by atoms with Crippen molar-refractivity contribution >= 4 is 22.6 Å². The van der Waals surface area contributed by atoms with Crippen molar-refractivity contribution in [3.63, 3.8) is 0 Å². The van der Waals surface area contributed by atoms with E-state index in [1.165, 1.54) is 6.33 Å². The summed E-state index contributed by atoms with van der Waals surface area (Å²) in [5.41, 5.74) is 1.34. The van der Waals surface area contributed by atoms with Crippen LogP contribution in [-0.2, 0) is 4.79 Å². The minimum Gasteiger partial charge on any atom is -0.394 e. The Morgan fingerprint density at radius 1 is 1.55 bits per heavy atom. The number of rotatable bonds is 4. The fraction of sp³-hybridized carbons (Fsp3) is 0.154. The quantitative estimate of drug-likeness (QED) is 0.657. The summed E-state index contributed by atoms with van der Waals surface area (Å²) in [4.78, 5) is 23.2. The first-order valence-corrected chi connectivity index (χ1v) is 6.10. The molecular formula is C13H13N5O2. The second kappa shape index (κ2) is 5.14. The Balaban J connectivity index is 1.80. The third-order valence-corrected chi connectivity index (χ3v) is 3.03. The van der Waals surface area contributed by atoms with Gasteiger partial charge in [0.2, 0.25) is 5.91 Å². The van der Waals surface area contributed by atoms with Gasteiger partial charge in [-0.1, -0.05) is 0 Å². The maximum atomic E-state index is 12.2. The Morgan fingerprint density at radius 2 is 2.45 bits per heavy atom. The molecule has 1 atom stereocenters. The summed E-state index contributed by atoms with van der Waals surface area (Å²) in [6, 6.07) is 2.98. The maximum absolute atomic E-state index is 12.2. The van der Waals surface area contributed by atoms with Crippen molar-refractivity contribution in [2.45, 2.75) is 6.04 Å². The van der Waals surface area contributed by atoms with E-state index in [4.69, 9.17) is 0 Å². The zero-order valence-corrected chi connectivity index (χ0v) is 10.5. The number of anilines is 1. The summed E-state index contributed by atoms with van der Waals surface area (Å²) in [6.45, 7) is -0.304. The molecule has 0 radical (unpaired) electrons. The Morgan fingerprint density at radius 3 is 3.20 bits per heavy atom. The second-order valence-electron chi connectivity index (χ2n) is 4.34. The number of hydrogen-bond donors (Lipinski definition) is 3. The van der Waals surface area contributed by atoms with E-state index in [9.17, 15) is 9.90 Å². The van der Waals surface area contributed by atoms with E-state index >= 15 is 0 Å². The monoisotopic (exact) mass is 271 g/mol. The third-order valence-electron chi connectivity index (χ3n) is 3.03. The number of aromatic amines is 1. The van der Waals surface area contributed by atoms with Crippen LogP contribution in [0.15, 0.2) is 43.2 Å². The predicted octanol–water partition coefficient (Wildman–Crippen LogP) is 0.931. The van der Waals surface area contributed by atoms with Gasteiger partial charge < -0.3 is 20.0 Å². The van der Waals surface area contributed by atoms with Gasteiger partial charge in [0, 0.05) is 24.0 Å². The largest absolute Gasteiger partial charge is 0.394 e. The van der Waals surface area contributed by atoms with Crippen molar-refractivity contribution in [3.05, 3.63) is 43.2 Å². The summed E-state index contributed by atoms with van der Waals surface area (Å²) in [7, 11) is 0. The summed E-state index contributed by atoms with van der Waals surface area (Å²) in [5, 5.41) is 13.0. The van der Waals surface area contributed by atoms with E-state index in [0.717, 1.165) is 11.0 Å². The number of aliphatic hydroxyl groups excluding tert-OH is 1. The smallest absolute Gasteiger partial charge is 0.249 e. The first kappa shape index (κ1) is 12.4. The van der Waals surface area contributed by atoms with Gasteiger partial charge in [-0.2, -0.15) is 0 Å². The SMILES string of the molecule is O=C(Nc1cnc2[nH]ccc2c1)C(CO)n1ccnc1. The van der Waals surface area contributed by atoms with Crippen LogP contribution in [0.5, 0.6) is 0 Å². The lowest BCUT2D eigenvalue weighted by Gasteiger charge is -2.15. The summed E-state index contributed by atoms with van der Waals surface area (Å²) in [5.74, 6) is -0.317. The van der Waals surface area contributed by atoms with Gasteiger partial charge in [-0.3, -0.25) is 4.79 Å². The fourth-order valence-corrected chi connectivity index (χ4v) is 2.00. The molecule has 0 saturated heterocycles. The van der Waals surface area contributed by atoms with Gasteiger partial charge in [0.15, 0.2) is 0 Å². The highest BCUT2D eigenvalue weighted by molar-refractivity contribution is 5.95. The average Bonchev–Trinajstić information content (AvgIpc) is 3.09. The molecule has 0 saturated carbocycles. The Labute approximate surface area is 114 Å². The van der Waals surface area contributed by atoms with Gasteiger partial charge in [-0.25, -0.2) is 9.97 Å². The molecule has 1 unspecified atom stereocenters. The topological polar surface area (TPSA) is 95.8 Å². The molecule has 3 N–H and O–H groups in total. The lowest BCUT2D eigenvalue weighted by Crippen LogP contribution is -2.28. The first-order chi connectivity index (χ1) is 9.78. The highest BCUT2D eigenvalue weighted by atomic mass is 16.3. The predicted molar refractivity (Wildman–Crippen MR) is 73.1 cm³/mol. The molecule has 7 nitrogen and oxygen atoms in total. The number of carbonyl (C=O) groups is 1. The van der Waals surface area contributed by atoms with Crippen molar-refractivity contribution in [2.24, 2.45) is 0 Å². The summed E-state index contributed by atoms with van der Waals surface area (Å²) >= 11 is 0. The highest BCUT2D eigenvalue weighted by Gasteiger charge is 2.19. The van der Waals surface area contributed by atoms with Crippen LogP contribution in [0.3, 0.4) is 0 Å². The van der Waals surface area contributed by atoms with Gasteiger partial charge in [0.05, 0.1) is 24.8 Å². The van der Waals surface area contributed by atoms with Crippen LogP contribution in [0.2, 0.25) is 0 Å². The van der Waals surface area contributed by atoms with Crippen LogP contribution < -0.4 is 5.32 Å². The standard InChI is InChI=1S/C13H13N5O2/c19-7-11(18-4-3-14-8-18)13(20)17-10-5-9-1-2-15-12(9)16-6-10/h1-6,8,11,19H,7H2,(H,15,16)(H,17,20). The number of aliphatic hydroxyl groups is 1. The Hall–Kier alpha value is -2.67. The van der Waals surface area contributed by atoms with Crippen LogP contribution >= 0.6 is 0 Å². The maximum Gasteiger partial charge on any atom is 0.249 e. The normalized spacial score (nSPS) is 12.4. The molecular weight excluding hydrogens is 258 g/mol. The van der Waals surface area contributed by atoms with Crippen molar-refractivity contribution in [2.75, 3.05) is 11.9 Å². The number of carbonyl (C=O) groups excluding carboxylic acids is 1. The first-order valence-electron chi connectivity index (χ1n) is 6.10. The minimum absolute atomic E-state index is 0.304. The Bertz CT molecular complexity index is 719. The molecule has 0 spiro atoms. The molecule has 3 heterocycles. The number of imidazole rings is 1. The molecule has 3 rings (SSSR count). The molecule has 20 heavy (non-hydrogen) atoms. The van der Waals surface area contributed by atoms with Crippen LogP contribution in [0.25, 0.3) is 11.0 Å². The summed E-state index contributed by atoms with van der Waals surface area (Å²) in [6.07, 6.45) is 8.04. The van der Waals surface area contributed by atoms with Gasteiger partial charge in [-0.05, 0) is 12.1 Å².